The Morgan fingerprint density at radius 3 is 2.00 bits per heavy atom. The van der Waals surface area contributed by atoms with Crippen LogP contribution in [0.4, 0.5) is 25.8 Å². The highest BCUT2D eigenvalue weighted by Crippen LogP contribution is 2.30. The highest BCUT2D eigenvalue weighted by molar-refractivity contribution is 8.14. The predicted octanol–water partition coefficient (Wildman–Crippen LogP) is 3.17. The normalized spacial score (nSPS) is 15.8. The molecule has 3 N–H and O–H groups in total. The van der Waals surface area contributed by atoms with Crippen LogP contribution < -0.4 is 11.1 Å². The van der Waals surface area contributed by atoms with Crippen LogP contribution in [0.2, 0.25) is 0 Å². The van der Waals surface area contributed by atoms with Gasteiger partial charge in [0.1, 0.15) is 13.2 Å². The maximum Gasteiger partial charge on any atom is 0.410 e. The number of hydrogen-bond donors (Lipinski definition) is 2. The number of primary amides is 1. The van der Waals surface area contributed by atoms with Crippen LogP contribution in [0.25, 0.3) is 0 Å². The first kappa shape index (κ1) is 32.6. The molecule has 17 heteroatoms. The summed E-state index contributed by atoms with van der Waals surface area (Å²) in [6, 6.07) is 9.61. The maximum absolute atomic E-state index is 13.1. The van der Waals surface area contributed by atoms with Gasteiger partial charge in [0.15, 0.2) is 5.12 Å². The van der Waals surface area contributed by atoms with Crippen molar-refractivity contribution in [2.24, 2.45) is 5.73 Å². The zero-order chi connectivity index (χ0) is 31.5. The Bertz CT molecular complexity index is 1340. The molecule has 1 fully saturated rings. The average Bonchev–Trinajstić information content (AvgIpc) is 3.35. The number of nitrogens with two attached hydrogens (primary N) is 1. The van der Waals surface area contributed by atoms with Crippen molar-refractivity contribution in [2.75, 3.05) is 26.2 Å². The Labute approximate surface area is 249 Å². The molecule has 0 spiro atoms. The number of thioether (sulfide) groups is 1. The second-order valence-corrected chi connectivity index (χ2v) is 10.9. The van der Waals surface area contributed by atoms with Gasteiger partial charge in [-0.3, -0.25) is 25.0 Å². The van der Waals surface area contributed by atoms with Crippen LogP contribution in [0.1, 0.15) is 24.5 Å². The molecule has 1 saturated heterocycles. The summed E-state index contributed by atoms with van der Waals surface area (Å²) in [6.45, 7) is 1.17. The summed E-state index contributed by atoms with van der Waals surface area (Å²) >= 11 is 1.07. The van der Waals surface area contributed by atoms with E-state index in [4.69, 9.17) is 15.2 Å². The lowest BCUT2D eigenvalue weighted by Crippen LogP contribution is -2.48. The minimum absolute atomic E-state index is 0.00903. The molecule has 2 aromatic rings. The van der Waals surface area contributed by atoms with Gasteiger partial charge >= 0.3 is 18.2 Å². The fourth-order valence-corrected chi connectivity index (χ4v) is 5.33. The van der Waals surface area contributed by atoms with Crippen LogP contribution in [-0.4, -0.2) is 80.5 Å². The predicted molar refractivity (Wildman–Crippen MR) is 153 cm³/mol. The summed E-state index contributed by atoms with van der Waals surface area (Å²) in [5.41, 5.74) is 5.95. The van der Waals surface area contributed by atoms with Crippen LogP contribution in [0.3, 0.4) is 0 Å². The van der Waals surface area contributed by atoms with Gasteiger partial charge in [0, 0.05) is 62.6 Å². The van der Waals surface area contributed by atoms with E-state index >= 15 is 0 Å². The molecule has 43 heavy (non-hydrogen) atoms. The lowest BCUT2D eigenvalue weighted by atomic mass is 10.2. The molecule has 3 rings (SSSR count). The van der Waals surface area contributed by atoms with Gasteiger partial charge < -0.3 is 30.3 Å². The third kappa shape index (κ3) is 10.1. The number of likely N-dealkylation sites (tertiary alicyclic amines) is 1. The third-order valence-electron chi connectivity index (χ3n) is 6.33. The summed E-state index contributed by atoms with van der Waals surface area (Å²) in [4.78, 5) is 72.6. The zero-order valence-corrected chi connectivity index (χ0v) is 23.9. The van der Waals surface area contributed by atoms with Crippen LogP contribution in [0, 0.1) is 20.2 Å². The molecule has 0 saturated carbocycles. The zero-order valence-electron chi connectivity index (χ0n) is 23.1. The lowest BCUT2D eigenvalue weighted by molar-refractivity contribution is -0.385. The molecule has 0 unspecified atom stereocenters. The van der Waals surface area contributed by atoms with Gasteiger partial charge in [0.05, 0.1) is 15.9 Å². The van der Waals surface area contributed by atoms with E-state index in [-0.39, 0.29) is 61.1 Å². The number of nitro benzene ring substituents is 2. The Balaban J connectivity index is 1.70. The van der Waals surface area contributed by atoms with Gasteiger partial charge in [-0.1, -0.05) is 11.8 Å². The number of nitro groups is 2. The molecule has 0 aliphatic carbocycles. The number of urea groups is 1. The maximum atomic E-state index is 13.1. The van der Waals surface area contributed by atoms with E-state index < -0.39 is 34.1 Å². The van der Waals surface area contributed by atoms with Crippen molar-refractivity contribution in [1.82, 2.24) is 15.1 Å². The second kappa shape index (κ2) is 15.3. The lowest BCUT2D eigenvalue weighted by Gasteiger charge is -2.30. The number of nitrogens with one attached hydrogen (secondary N) is 1. The average molecular weight is 619 g/mol. The van der Waals surface area contributed by atoms with Crippen molar-refractivity contribution in [3.63, 3.8) is 0 Å². The summed E-state index contributed by atoms with van der Waals surface area (Å²) < 4.78 is 10.9. The Morgan fingerprint density at radius 2 is 1.51 bits per heavy atom. The fraction of sp³-hybridized carbons (Fsp3) is 0.385. The molecule has 0 bridgehead atoms. The molecule has 0 radical (unpaired) electrons. The number of benzene rings is 2. The van der Waals surface area contributed by atoms with Crippen molar-refractivity contribution < 1.29 is 38.5 Å². The first-order chi connectivity index (χ1) is 20.4. The minimum Gasteiger partial charge on any atom is -0.445 e. The molecule has 2 aromatic carbocycles. The third-order valence-corrected chi connectivity index (χ3v) is 7.34. The van der Waals surface area contributed by atoms with Crippen molar-refractivity contribution in [1.29, 1.82) is 0 Å². The van der Waals surface area contributed by atoms with Gasteiger partial charge in [0.25, 0.3) is 11.4 Å². The number of rotatable bonds is 12. The molecule has 4 amide bonds. The van der Waals surface area contributed by atoms with Gasteiger partial charge in [-0.25, -0.2) is 14.4 Å². The van der Waals surface area contributed by atoms with Gasteiger partial charge in [0.2, 0.25) is 0 Å². The number of hydrogen-bond acceptors (Lipinski definition) is 11. The second-order valence-electron chi connectivity index (χ2n) is 9.47. The molecule has 0 aromatic heterocycles. The number of ether oxygens (including phenoxy) is 2. The Hall–Kier alpha value is -4.93. The van der Waals surface area contributed by atoms with Crippen LogP contribution in [-0.2, 0) is 27.5 Å². The first-order valence-electron chi connectivity index (χ1n) is 12.9. The van der Waals surface area contributed by atoms with Crippen LogP contribution in [0.15, 0.2) is 48.5 Å². The molecular weight excluding hydrogens is 588 g/mol. The van der Waals surface area contributed by atoms with Crippen molar-refractivity contribution in [2.45, 2.75) is 37.9 Å². The summed E-state index contributed by atoms with van der Waals surface area (Å²) in [6.07, 6.45) is -1.12. The SMILES string of the molecule is CC(=O)S[C@H]1C[C@@H](CN(CCNC(N)=O)C(=O)OCc2ccc([N+](=O)[O-])cc2)N(C(=O)OCc2ccc([N+](=O)[O-])cc2)C1. The number of carbonyl (C=O) groups excluding carboxylic acids is 4. The van der Waals surface area contributed by atoms with Crippen molar-refractivity contribution >= 4 is 46.5 Å². The highest BCUT2D eigenvalue weighted by atomic mass is 32.2. The Morgan fingerprint density at radius 1 is 0.977 bits per heavy atom. The highest BCUT2D eigenvalue weighted by Gasteiger charge is 2.39. The monoisotopic (exact) mass is 618 g/mol. The van der Waals surface area contributed by atoms with E-state index in [1.807, 2.05) is 0 Å². The molecule has 16 nitrogen and oxygen atoms in total. The van der Waals surface area contributed by atoms with E-state index in [1.54, 1.807) is 0 Å². The first-order valence-corrected chi connectivity index (χ1v) is 13.8. The molecule has 1 heterocycles. The van der Waals surface area contributed by atoms with Crippen LogP contribution >= 0.6 is 11.8 Å². The molecule has 1 aliphatic heterocycles. The largest absolute Gasteiger partial charge is 0.445 e. The quantitative estimate of drug-likeness (QED) is 0.260. The summed E-state index contributed by atoms with van der Waals surface area (Å²) in [5.74, 6) is 0. The molecular formula is C26H30N6O10S. The number of nitrogens with zero attached hydrogens (tertiary/aromatic N) is 4. The number of amides is 4. The topological polar surface area (TPSA) is 218 Å². The summed E-state index contributed by atoms with van der Waals surface area (Å²) in [5, 5.41) is 23.7. The molecule has 2 atom stereocenters. The van der Waals surface area contributed by atoms with Gasteiger partial charge in [-0.15, -0.1) is 0 Å². The smallest absolute Gasteiger partial charge is 0.410 e. The van der Waals surface area contributed by atoms with Crippen LogP contribution in [0.5, 0.6) is 0 Å². The molecule has 230 valence electrons. The van der Waals surface area contributed by atoms with Crippen molar-refractivity contribution in [3.8, 4) is 0 Å². The van der Waals surface area contributed by atoms with E-state index in [0.717, 1.165) is 11.8 Å². The van der Waals surface area contributed by atoms with E-state index in [0.29, 0.717) is 17.5 Å². The van der Waals surface area contributed by atoms with E-state index in [1.165, 1.54) is 65.3 Å². The van der Waals surface area contributed by atoms with Gasteiger partial charge in [-0.05, 0) is 41.8 Å². The van der Waals surface area contributed by atoms with E-state index in [9.17, 15) is 39.4 Å². The van der Waals surface area contributed by atoms with E-state index in [2.05, 4.69) is 5.32 Å². The molecule has 1 aliphatic rings. The minimum atomic E-state index is -0.797. The van der Waals surface area contributed by atoms with Crippen molar-refractivity contribution in [3.05, 3.63) is 79.9 Å². The Kier molecular flexibility index (Phi) is 11.6. The standard InChI is InChI=1S/C26H30N6O10S/c1-17(33)43-23-12-22(30(14-23)26(36)42-16-19-4-8-21(9-5-19)32(39)40)13-29(11-10-28-24(27)34)25(35)41-15-18-2-6-20(7-3-18)31(37)38/h2-9,22-23H,10-16H2,1H3,(H3,27,28,34)/t22-,23-/m0/s1. The number of carbonyl (C=O) groups is 4. The van der Waals surface area contributed by atoms with Gasteiger partial charge in [-0.2, -0.15) is 0 Å². The summed E-state index contributed by atoms with van der Waals surface area (Å²) in [7, 11) is 0. The fourth-order valence-electron chi connectivity index (χ4n) is 4.31. The number of non-ortho nitro benzene ring substituents is 2.